The Labute approximate surface area is 189 Å². The largest absolute Gasteiger partial charge is 0.497 e. The zero-order chi connectivity index (χ0) is 23.1. The number of hydroxylamine groups is 2. The van der Waals surface area contributed by atoms with E-state index in [0.717, 1.165) is 21.9 Å². The number of carbonyl (C=O) groups excluding carboxylic acids is 2. The minimum Gasteiger partial charge on any atom is -0.497 e. The van der Waals surface area contributed by atoms with Crippen molar-refractivity contribution in [3.8, 4) is 5.75 Å². The van der Waals surface area contributed by atoms with Gasteiger partial charge in [-0.05, 0) is 41.7 Å². The summed E-state index contributed by atoms with van der Waals surface area (Å²) in [5.41, 5.74) is 2.21. The Hall–Kier alpha value is -3.16. The molecule has 0 spiro atoms. The summed E-state index contributed by atoms with van der Waals surface area (Å²) in [7, 11) is 3.05. The fourth-order valence-corrected chi connectivity index (χ4v) is 3.64. The lowest BCUT2D eigenvalue weighted by molar-refractivity contribution is -0.226. The van der Waals surface area contributed by atoms with Crippen LogP contribution in [-0.2, 0) is 25.7 Å². The first-order chi connectivity index (χ1) is 15.4. The lowest BCUT2D eigenvalue weighted by atomic mass is 9.97. The summed E-state index contributed by atoms with van der Waals surface area (Å²) in [6.45, 7) is 4.34. The van der Waals surface area contributed by atoms with Crippen LogP contribution >= 0.6 is 0 Å². The number of ether oxygens (including phenoxy) is 2. The Morgan fingerprint density at radius 2 is 1.69 bits per heavy atom. The third kappa shape index (κ3) is 5.55. The Morgan fingerprint density at radius 3 is 2.28 bits per heavy atom. The van der Waals surface area contributed by atoms with Crippen molar-refractivity contribution < 1.29 is 23.9 Å². The number of methoxy groups -OCH3 is 2. The molecular formula is C25H30N2O5. The molecule has 0 radical (unpaired) electrons. The monoisotopic (exact) mass is 438 g/mol. The van der Waals surface area contributed by atoms with E-state index in [1.165, 1.54) is 7.11 Å². The molecule has 170 valence electrons. The third-order valence-corrected chi connectivity index (χ3v) is 5.18. The van der Waals surface area contributed by atoms with Crippen LogP contribution in [0.3, 0.4) is 0 Å². The Kier molecular flexibility index (Phi) is 8.03. The molecule has 2 aromatic carbocycles. The molecule has 2 aromatic rings. The normalized spacial score (nSPS) is 18.0. The summed E-state index contributed by atoms with van der Waals surface area (Å²) in [6, 6.07) is 16.7. The SMILES string of the molecule is COCON1C(=O)/C(=C/c2ccc(OC)cc2)N(Cc2ccccc2)[C@@H](CC(C)C)C1=O. The van der Waals surface area contributed by atoms with Crippen molar-refractivity contribution in [1.82, 2.24) is 9.96 Å². The first kappa shape index (κ1) is 23.5. The number of imide groups is 1. The number of hydrogen-bond donors (Lipinski definition) is 0. The van der Waals surface area contributed by atoms with Crippen molar-refractivity contribution in [1.29, 1.82) is 0 Å². The van der Waals surface area contributed by atoms with Crippen LogP contribution in [0.2, 0.25) is 0 Å². The van der Waals surface area contributed by atoms with Crippen molar-refractivity contribution >= 4 is 17.9 Å². The molecule has 7 heteroatoms. The predicted molar refractivity (Wildman–Crippen MR) is 121 cm³/mol. The van der Waals surface area contributed by atoms with Gasteiger partial charge in [-0.3, -0.25) is 9.59 Å². The average molecular weight is 439 g/mol. The van der Waals surface area contributed by atoms with E-state index in [-0.39, 0.29) is 18.6 Å². The van der Waals surface area contributed by atoms with E-state index in [0.29, 0.717) is 18.7 Å². The Morgan fingerprint density at radius 1 is 1.00 bits per heavy atom. The van der Waals surface area contributed by atoms with E-state index in [4.69, 9.17) is 14.3 Å². The zero-order valence-corrected chi connectivity index (χ0v) is 19.0. The van der Waals surface area contributed by atoms with Gasteiger partial charge in [-0.2, -0.15) is 0 Å². The summed E-state index contributed by atoms with van der Waals surface area (Å²) < 4.78 is 10.2. The summed E-state index contributed by atoms with van der Waals surface area (Å²) in [4.78, 5) is 34.0. The first-order valence-electron chi connectivity index (χ1n) is 10.6. The highest BCUT2D eigenvalue weighted by molar-refractivity contribution is 6.09. The molecule has 1 fully saturated rings. The Balaban J connectivity index is 2.06. The molecule has 1 atom stereocenters. The van der Waals surface area contributed by atoms with Crippen LogP contribution in [0.4, 0.5) is 0 Å². The number of carbonyl (C=O) groups is 2. The van der Waals surface area contributed by atoms with Crippen LogP contribution in [0.5, 0.6) is 5.75 Å². The van der Waals surface area contributed by atoms with Crippen LogP contribution in [-0.4, -0.2) is 48.8 Å². The topological polar surface area (TPSA) is 68.3 Å². The molecule has 0 aliphatic carbocycles. The van der Waals surface area contributed by atoms with Gasteiger partial charge in [-0.1, -0.05) is 56.3 Å². The van der Waals surface area contributed by atoms with Gasteiger partial charge in [-0.15, -0.1) is 5.06 Å². The average Bonchev–Trinajstić information content (AvgIpc) is 2.80. The first-order valence-corrected chi connectivity index (χ1v) is 10.6. The van der Waals surface area contributed by atoms with Gasteiger partial charge in [0.05, 0.1) is 7.11 Å². The second kappa shape index (κ2) is 10.9. The molecule has 1 aliphatic rings. The van der Waals surface area contributed by atoms with Crippen LogP contribution < -0.4 is 4.74 Å². The van der Waals surface area contributed by atoms with Gasteiger partial charge in [0, 0.05) is 13.7 Å². The smallest absolute Gasteiger partial charge is 0.301 e. The van der Waals surface area contributed by atoms with Crippen molar-refractivity contribution in [3.05, 3.63) is 71.4 Å². The number of benzene rings is 2. The van der Waals surface area contributed by atoms with Gasteiger partial charge in [0.1, 0.15) is 17.5 Å². The number of nitrogens with zero attached hydrogens (tertiary/aromatic N) is 2. The minimum atomic E-state index is -0.547. The maximum absolute atomic E-state index is 13.4. The van der Waals surface area contributed by atoms with Gasteiger partial charge < -0.3 is 14.4 Å². The summed E-state index contributed by atoms with van der Waals surface area (Å²) in [5.74, 6) is 0.0606. The van der Waals surface area contributed by atoms with Gasteiger partial charge in [-0.25, -0.2) is 4.84 Å². The summed E-state index contributed by atoms with van der Waals surface area (Å²) >= 11 is 0. The van der Waals surface area contributed by atoms with E-state index in [2.05, 4.69) is 13.8 Å². The second-order valence-corrected chi connectivity index (χ2v) is 8.03. The highest BCUT2D eigenvalue weighted by Gasteiger charge is 2.44. The molecule has 1 aliphatic heterocycles. The van der Waals surface area contributed by atoms with E-state index < -0.39 is 11.9 Å². The summed E-state index contributed by atoms with van der Waals surface area (Å²) in [6.07, 6.45) is 2.36. The highest BCUT2D eigenvalue weighted by atomic mass is 16.8. The molecule has 32 heavy (non-hydrogen) atoms. The molecule has 2 amide bonds. The van der Waals surface area contributed by atoms with Crippen LogP contribution in [0.25, 0.3) is 6.08 Å². The van der Waals surface area contributed by atoms with E-state index in [1.54, 1.807) is 13.2 Å². The van der Waals surface area contributed by atoms with Crippen LogP contribution in [0.15, 0.2) is 60.3 Å². The van der Waals surface area contributed by atoms with Gasteiger partial charge in [0.15, 0.2) is 6.79 Å². The van der Waals surface area contributed by atoms with Crippen LogP contribution in [0.1, 0.15) is 31.4 Å². The second-order valence-electron chi connectivity index (χ2n) is 8.03. The minimum absolute atomic E-state index is 0.194. The fourth-order valence-electron chi connectivity index (χ4n) is 3.64. The molecule has 0 bridgehead atoms. The summed E-state index contributed by atoms with van der Waals surface area (Å²) in [5, 5.41) is 0.841. The molecule has 1 heterocycles. The number of piperazine rings is 1. The Bertz CT molecular complexity index is 941. The number of rotatable bonds is 9. The maximum atomic E-state index is 13.4. The molecule has 0 unspecified atom stereocenters. The molecule has 3 rings (SSSR count). The highest BCUT2D eigenvalue weighted by Crippen LogP contribution is 2.30. The standard InChI is InChI=1S/C25H30N2O5/c1-18(2)14-22-24(28)27(32-17-30-3)25(29)23(15-19-10-12-21(31-4)13-11-19)26(22)16-20-8-6-5-7-9-20/h5-13,15,18,22H,14,16-17H2,1-4H3/b23-15-/t22-/m0/s1. The number of hydrogen-bond acceptors (Lipinski definition) is 6. The van der Waals surface area contributed by atoms with Gasteiger partial charge >= 0.3 is 5.91 Å². The van der Waals surface area contributed by atoms with E-state index in [1.807, 2.05) is 59.5 Å². The molecule has 7 nitrogen and oxygen atoms in total. The van der Waals surface area contributed by atoms with Gasteiger partial charge in [0.2, 0.25) is 0 Å². The van der Waals surface area contributed by atoms with Crippen molar-refractivity contribution in [2.45, 2.75) is 32.9 Å². The van der Waals surface area contributed by atoms with Crippen molar-refractivity contribution in [3.63, 3.8) is 0 Å². The maximum Gasteiger partial charge on any atom is 0.301 e. The lowest BCUT2D eigenvalue weighted by Crippen LogP contribution is -2.58. The zero-order valence-electron chi connectivity index (χ0n) is 19.0. The third-order valence-electron chi connectivity index (χ3n) is 5.18. The van der Waals surface area contributed by atoms with E-state index >= 15 is 0 Å². The van der Waals surface area contributed by atoms with Crippen molar-refractivity contribution in [2.75, 3.05) is 21.0 Å². The molecule has 0 saturated carbocycles. The van der Waals surface area contributed by atoms with Crippen molar-refractivity contribution in [2.24, 2.45) is 5.92 Å². The quantitative estimate of drug-likeness (QED) is 0.337. The van der Waals surface area contributed by atoms with Gasteiger partial charge in [0.25, 0.3) is 5.91 Å². The molecule has 1 saturated heterocycles. The van der Waals surface area contributed by atoms with Crippen LogP contribution in [0, 0.1) is 5.92 Å². The molecule has 0 N–H and O–H groups in total. The molecule has 0 aromatic heterocycles. The van der Waals surface area contributed by atoms with E-state index in [9.17, 15) is 9.59 Å². The predicted octanol–water partition coefficient (Wildman–Crippen LogP) is 3.86. The lowest BCUT2D eigenvalue weighted by Gasteiger charge is -2.41. The molecular weight excluding hydrogens is 408 g/mol. The number of amides is 2. The fraction of sp³-hybridized carbons (Fsp3) is 0.360.